The lowest BCUT2D eigenvalue weighted by Crippen LogP contribution is -2.52. The van der Waals surface area contributed by atoms with E-state index in [2.05, 4.69) is 15.3 Å². The van der Waals surface area contributed by atoms with Gasteiger partial charge < -0.3 is 20.1 Å². The van der Waals surface area contributed by atoms with Gasteiger partial charge in [0.25, 0.3) is 5.92 Å². The Morgan fingerprint density at radius 1 is 1.20 bits per heavy atom. The maximum atomic E-state index is 14.4. The SMILES string of the molecule is C[C@@H]1CN(c2ncc(Cl)c(Nc3ccc4c(c3)n(CCC(C)(C)O)c(=O)n4C[C@@H]3CCCO3)n2)C[C@H](C)C1(F)F. The van der Waals surface area contributed by atoms with E-state index in [0.29, 0.717) is 49.1 Å². The molecule has 2 N–H and O–H groups in total. The Morgan fingerprint density at radius 2 is 1.93 bits per heavy atom. The van der Waals surface area contributed by atoms with Crippen LogP contribution in [-0.2, 0) is 17.8 Å². The molecule has 1 aromatic carbocycles. The number of hydrogen-bond donors (Lipinski definition) is 2. The van der Waals surface area contributed by atoms with Crippen LogP contribution in [0.15, 0.2) is 29.2 Å². The van der Waals surface area contributed by atoms with Crippen molar-refractivity contribution in [1.82, 2.24) is 19.1 Å². The Bertz CT molecular complexity index is 1420. The van der Waals surface area contributed by atoms with Crippen LogP contribution in [0.25, 0.3) is 11.0 Å². The van der Waals surface area contributed by atoms with Crippen molar-refractivity contribution >= 4 is 40.1 Å². The monoisotopic (exact) mass is 578 g/mol. The lowest BCUT2D eigenvalue weighted by Gasteiger charge is -2.41. The Hall–Kier alpha value is -2.76. The molecule has 12 heteroatoms. The fraction of sp³-hybridized carbons (Fsp3) is 0.607. The van der Waals surface area contributed by atoms with Gasteiger partial charge in [-0.05, 0) is 51.3 Å². The van der Waals surface area contributed by atoms with Crippen LogP contribution in [0, 0.1) is 11.8 Å². The molecule has 0 spiro atoms. The number of benzene rings is 1. The second-order valence-corrected chi connectivity index (χ2v) is 12.2. The van der Waals surface area contributed by atoms with Gasteiger partial charge in [0, 0.05) is 43.8 Å². The number of ether oxygens (including phenoxy) is 1. The van der Waals surface area contributed by atoms with Crippen LogP contribution in [0.2, 0.25) is 5.02 Å². The predicted molar refractivity (Wildman–Crippen MR) is 152 cm³/mol. The van der Waals surface area contributed by atoms with E-state index in [9.17, 15) is 18.7 Å². The van der Waals surface area contributed by atoms with E-state index in [0.717, 1.165) is 18.4 Å². The molecule has 0 amide bonds. The number of piperidine rings is 1. The zero-order valence-electron chi connectivity index (χ0n) is 23.3. The van der Waals surface area contributed by atoms with Crippen molar-refractivity contribution in [2.75, 3.05) is 29.9 Å². The normalized spacial score (nSPS) is 23.2. The van der Waals surface area contributed by atoms with Crippen LogP contribution in [-0.4, -0.2) is 61.5 Å². The molecule has 4 heterocycles. The minimum absolute atomic E-state index is 0.0118. The van der Waals surface area contributed by atoms with Crippen LogP contribution in [0.5, 0.6) is 0 Å². The van der Waals surface area contributed by atoms with E-state index in [4.69, 9.17) is 16.3 Å². The minimum atomic E-state index is -2.75. The van der Waals surface area contributed by atoms with Crippen molar-refractivity contribution < 1.29 is 18.6 Å². The third kappa shape index (κ3) is 5.82. The number of aryl methyl sites for hydroxylation is 1. The Balaban J connectivity index is 1.46. The minimum Gasteiger partial charge on any atom is -0.390 e. The van der Waals surface area contributed by atoms with E-state index in [1.54, 1.807) is 27.9 Å². The lowest BCUT2D eigenvalue weighted by atomic mass is 9.87. The molecule has 2 aliphatic heterocycles. The second-order valence-electron chi connectivity index (χ2n) is 11.8. The van der Waals surface area contributed by atoms with Gasteiger partial charge in [0.05, 0.1) is 35.5 Å². The standard InChI is InChI=1S/C28H37ClF2N6O3/c1-17-14-35(15-18(2)28(17,30)31)25-32-13-21(29)24(34-25)33-19-7-8-22-23(12-19)36(10-9-27(3,4)39)26(38)37(22)16-20-6-5-11-40-20/h7-8,12-13,17-18,20,39H,5-6,9-11,14-16H2,1-4H3,(H,32,33,34)/t17-,18+,20-/m0/s1. The van der Waals surface area contributed by atoms with Crippen LogP contribution in [0.3, 0.4) is 0 Å². The Morgan fingerprint density at radius 3 is 2.58 bits per heavy atom. The highest BCUT2D eigenvalue weighted by Gasteiger charge is 2.47. The molecule has 3 atom stereocenters. The highest BCUT2D eigenvalue weighted by Crippen LogP contribution is 2.39. The average molecular weight is 579 g/mol. The van der Waals surface area contributed by atoms with Gasteiger partial charge in [-0.1, -0.05) is 25.4 Å². The van der Waals surface area contributed by atoms with E-state index in [1.807, 2.05) is 18.2 Å². The van der Waals surface area contributed by atoms with Crippen LogP contribution in [0.4, 0.5) is 26.2 Å². The summed E-state index contributed by atoms with van der Waals surface area (Å²) < 4.78 is 38.0. The summed E-state index contributed by atoms with van der Waals surface area (Å²) in [6, 6.07) is 5.58. The molecular weight excluding hydrogens is 542 g/mol. The molecule has 40 heavy (non-hydrogen) atoms. The van der Waals surface area contributed by atoms with Crippen molar-refractivity contribution in [3.8, 4) is 0 Å². The number of fused-ring (bicyclic) bond motifs is 1. The Labute approximate surface area is 237 Å². The lowest BCUT2D eigenvalue weighted by molar-refractivity contribution is -0.105. The summed E-state index contributed by atoms with van der Waals surface area (Å²) in [5, 5.41) is 13.8. The molecule has 2 aromatic heterocycles. The van der Waals surface area contributed by atoms with Crippen LogP contribution < -0.4 is 15.9 Å². The number of nitrogens with zero attached hydrogens (tertiary/aromatic N) is 5. The van der Waals surface area contributed by atoms with Gasteiger partial charge in [-0.15, -0.1) is 0 Å². The quantitative estimate of drug-likeness (QED) is 0.386. The van der Waals surface area contributed by atoms with E-state index in [-0.39, 0.29) is 29.9 Å². The van der Waals surface area contributed by atoms with Crippen molar-refractivity contribution in [3.63, 3.8) is 0 Å². The number of aromatic nitrogens is 4. The first-order chi connectivity index (χ1) is 18.8. The summed E-state index contributed by atoms with van der Waals surface area (Å²) in [6.07, 6.45) is 3.73. The number of halogens is 3. The number of rotatable bonds is 8. The maximum absolute atomic E-state index is 14.4. The van der Waals surface area contributed by atoms with Gasteiger partial charge in [0.1, 0.15) is 5.02 Å². The summed E-state index contributed by atoms with van der Waals surface area (Å²) in [4.78, 5) is 24.1. The highest BCUT2D eigenvalue weighted by molar-refractivity contribution is 6.32. The smallest absolute Gasteiger partial charge is 0.329 e. The first kappa shape index (κ1) is 28.8. The van der Waals surface area contributed by atoms with E-state index < -0.39 is 23.4 Å². The Kier molecular flexibility index (Phi) is 7.84. The van der Waals surface area contributed by atoms with Gasteiger partial charge >= 0.3 is 5.69 Å². The number of alkyl halides is 2. The first-order valence-corrected chi connectivity index (χ1v) is 14.2. The number of imidazole rings is 1. The molecular formula is C28H37ClF2N6O3. The molecule has 0 unspecified atom stereocenters. The molecule has 218 valence electrons. The molecule has 0 radical (unpaired) electrons. The summed E-state index contributed by atoms with van der Waals surface area (Å²) in [7, 11) is 0. The number of anilines is 3. The summed E-state index contributed by atoms with van der Waals surface area (Å²) in [6.45, 7) is 8.28. The van der Waals surface area contributed by atoms with Crippen molar-refractivity contribution in [3.05, 3.63) is 39.9 Å². The molecule has 2 fully saturated rings. The topological polar surface area (TPSA) is 97.4 Å². The van der Waals surface area contributed by atoms with Crippen LogP contribution in [0.1, 0.15) is 47.0 Å². The zero-order chi connectivity index (χ0) is 28.8. The molecule has 5 rings (SSSR count). The number of nitrogens with one attached hydrogen (secondary N) is 1. The third-order valence-electron chi connectivity index (χ3n) is 7.96. The zero-order valence-corrected chi connectivity index (χ0v) is 24.1. The number of aliphatic hydroxyl groups is 1. The molecule has 0 saturated carbocycles. The molecule has 0 aliphatic carbocycles. The average Bonchev–Trinajstić information content (AvgIpc) is 3.48. The van der Waals surface area contributed by atoms with Crippen molar-refractivity contribution in [2.24, 2.45) is 11.8 Å². The molecule has 0 bridgehead atoms. The van der Waals surface area contributed by atoms with E-state index in [1.165, 1.54) is 20.0 Å². The maximum Gasteiger partial charge on any atom is 0.329 e. The summed E-state index contributed by atoms with van der Waals surface area (Å²) in [5.74, 6) is -3.76. The van der Waals surface area contributed by atoms with E-state index >= 15 is 0 Å². The largest absolute Gasteiger partial charge is 0.390 e. The van der Waals surface area contributed by atoms with Crippen LogP contribution >= 0.6 is 11.6 Å². The summed E-state index contributed by atoms with van der Waals surface area (Å²) >= 11 is 6.43. The first-order valence-electron chi connectivity index (χ1n) is 13.8. The van der Waals surface area contributed by atoms with Gasteiger partial charge in [-0.25, -0.2) is 18.6 Å². The summed E-state index contributed by atoms with van der Waals surface area (Å²) in [5.41, 5.74) is 1.05. The van der Waals surface area contributed by atoms with Crippen molar-refractivity contribution in [2.45, 2.75) is 77.7 Å². The van der Waals surface area contributed by atoms with Crippen molar-refractivity contribution in [1.29, 1.82) is 0 Å². The van der Waals surface area contributed by atoms with Gasteiger partial charge in [0.15, 0.2) is 5.82 Å². The molecule has 2 saturated heterocycles. The highest BCUT2D eigenvalue weighted by atomic mass is 35.5. The molecule has 2 aliphatic rings. The van der Waals surface area contributed by atoms with Gasteiger partial charge in [0.2, 0.25) is 5.95 Å². The molecule has 3 aromatic rings. The third-order valence-corrected chi connectivity index (χ3v) is 8.23. The second kappa shape index (κ2) is 10.9. The fourth-order valence-corrected chi connectivity index (χ4v) is 5.67. The predicted octanol–water partition coefficient (Wildman–Crippen LogP) is 5.06. The fourth-order valence-electron chi connectivity index (χ4n) is 5.53. The molecule has 9 nitrogen and oxygen atoms in total. The van der Waals surface area contributed by atoms with Gasteiger partial charge in [-0.3, -0.25) is 9.13 Å². The number of hydrogen-bond acceptors (Lipinski definition) is 7. The van der Waals surface area contributed by atoms with Gasteiger partial charge in [-0.2, -0.15) is 4.98 Å².